The van der Waals surface area contributed by atoms with Gasteiger partial charge in [-0.3, -0.25) is 0 Å². The molecule has 16 heteroatoms. The van der Waals surface area contributed by atoms with Gasteiger partial charge in [0.25, 0.3) is 9.84 Å². The molecule has 1 aliphatic carbocycles. The molecule has 1 heterocycles. The van der Waals surface area contributed by atoms with Crippen molar-refractivity contribution in [3.8, 4) is 11.4 Å². The molecule has 1 fully saturated rings. The second-order valence-electron chi connectivity index (χ2n) is 7.71. The Labute approximate surface area is 199 Å². The van der Waals surface area contributed by atoms with E-state index in [0.717, 1.165) is 37.1 Å². The lowest BCUT2D eigenvalue weighted by atomic mass is 9.98. The number of alkyl halides is 6. The molecule has 36 heavy (non-hydrogen) atoms. The van der Waals surface area contributed by atoms with Gasteiger partial charge in [0.2, 0.25) is 11.7 Å². The van der Waals surface area contributed by atoms with Crippen LogP contribution >= 0.6 is 0 Å². The van der Waals surface area contributed by atoms with Crippen LogP contribution in [0.2, 0.25) is 0 Å². The van der Waals surface area contributed by atoms with Crippen molar-refractivity contribution in [3.63, 3.8) is 0 Å². The highest BCUT2D eigenvalue weighted by Crippen LogP contribution is 2.33. The van der Waals surface area contributed by atoms with Crippen molar-refractivity contribution >= 4 is 15.8 Å². The van der Waals surface area contributed by atoms with E-state index < -0.39 is 44.3 Å². The third kappa shape index (κ3) is 6.81. The highest BCUT2D eigenvalue weighted by Gasteiger charge is 2.46. The smallest absolute Gasteiger partial charge is 0.475 e. The van der Waals surface area contributed by atoms with Crippen LogP contribution in [0.5, 0.6) is 0 Å². The summed E-state index contributed by atoms with van der Waals surface area (Å²) < 4.78 is 112. The Kier molecular flexibility index (Phi) is 8.88. The average Bonchev–Trinajstić information content (AvgIpc) is 3.49. The molecule has 3 N–H and O–H groups in total. The maximum absolute atomic E-state index is 14.5. The van der Waals surface area contributed by atoms with Crippen molar-refractivity contribution in [2.24, 2.45) is 5.73 Å². The molecule has 3 rings (SSSR count). The van der Waals surface area contributed by atoms with Gasteiger partial charge in [-0.1, -0.05) is 12.1 Å². The lowest BCUT2D eigenvalue weighted by Gasteiger charge is -2.16. The van der Waals surface area contributed by atoms with E-state index in [0.29, 0.717) is 18.4 Å². The van der Waals surface area contributed by atoms with E-state index in [9.17, 15) is 39.2 Å². The molecular formula is C20H20F7N3O5S. The summed E-state index contributed by atoms with van der Waals surface area (Å²) in [6, 6.07) is 2.95. The normalized spacial score (nSPS) is 16.2. The minimum absolute atomic E-state index is 0.0314. The predicted octanol–water partition coefficient (Wildman–Crippen LogP) is 4.89. The van der Waals surface area contributed by atoms with Gasteiger partial charge in [-0.25, -0.2) is 17.6 Å². The van der Waals surface area contributed by atoms with Gasteiger partial charge in [-0.05, 0) is 55.5 Å². The standard InChI is InChI=1S/C18H19F4N3O3S.C2HF3O2/c1-10(15(23)14(19)11-4-2-3-5-11)17-24-16(25-28-17)12-6-8-13(9-7-12)29(26,27)18(20,21)22;3-2(4,5)1(6)7/h6-10,15H,2-5,23H2,1H3;(H,6,7)/t10?,15-;/m0./s1. The molecule has 2 aromatic rings. The van der Waals surface area contributed by atoms with Crippen LogP contribution in [-0.2, 0) is 14.6 Å². The zero-order valence-electron chi connectivity index (χ0n) is 18.4. The first-order valence-corrected chi connectivity index (χ1v) is 11.6. The Morgan fingerprint density at radius 2 is 1.58 bits per heavy atom. The molecule has 1 aromatic heterocycles. The number of rotatable bonds is 5. The largest absolute Gasteiger partial charge is 0.501 e. The number of carbonyl (C=O) groups is 1. The molecule has 1 unspecified atom stereocenters. The second-order valence-corrected chi connectivity index (χ2v) is 9.65. The summed E-state index contributed by atoms with van der Waals surface area (Å²) in [5.41, 5.74) is 1.55. The van der Waals surface area contributed by atoms with E-state index in [4.69, 9.17) is 20.2 Å². The first-order chi connectivity index (χ1) is 16.5. The third-order valence-corrected chi connectivity index (χ3v) is 6.68. The summed E-state index contributed by atoms with van der Waals surface area (Å²) >= 11 is 0. The summed E-state index contributed by atoms with van der Waals surface area (Å²) in [4.78, 5) is 12.1. The van der Waals surface area contributed by atoms with Gasteiger partial charge in [0.15, 0.2) is 0 Å². The molecule has 8 nitrogen and oxygen atoms in total. The first-order valence-electron chi connectivity index (χ1n) is 10.1. The Bertz CT molecular complexity index is 1200. The third-order valence-electron chi connectivity index (χ3n) is 5.18. The SMILES string of the molecule is CC(c1nc(-c2ccc(S(=O)(=O)C(F)(F)F)cc2)no1)[C@H](N)C(F)=C1CCCC1.O=C(O)C(F)(F)F. The van der Waals surface area contributed by atoms with Gasteiger partial charge in [-0.15, -0.1) is 0 Å². The molecule has 0 radical (unpaired) electrons. The summed E-state index contributed by atoms with van der Waals surface area (Å²) in [7, 11) is -5.44. The number of halogens is 7. The number of benzene rings is 1. The van der Waals surface area contributed by atoms with Gasteiger partial charge in [0.05, 0.1) is 16.9 Å². The zero-order chi connectivity index (χ0) is 27.5. The fourth-order valence-electron chi connectivity index (χ4n) is 3.10. The van der Waals surface area contributed by atoms with Gasteiger partial charge >= 0.3 is 17.7 Å². The molecule has 0 aliphatic heterocycles. The number of allylic oxidation sites excluding steroid dienone is 1. The molecule has 0 saturated heterocycles. The van der Waals surface area contributed by atoms with Gasteiger partial charge in [-0.2, -0.15) is 31.3 Å². The lowest BCUT2D eigenvalue weighted by molar-refractivity contribution is -0.192. The van der Waals surface area contributed by atoms with Gasteiger partial charge < -0.3 is 15.4 Å². The number of sulfone groups is 1. The number of aromatic nitrogens is 2. The Hall–Kier alpha value is -3.01. The number of nitrogens with two attached hydrogens (primary N) is 1. The average molecular weight is 547 g/mol. The number of hydrogen-bond acceptors (Lipinski definition) is 7. The van der Waals surface area contributed by atoms with Crippen molar-refractivity contribution in [1.29, 1.82) is 0 Å². The van der Waals surface area contributed by atoms with Crippen molar-refractivity contribution in [2.45, 2.75) is 61.1 Å². The van der Waals surface area contributed by atoms with Crippen LogP contribution in [0.3, 0.4) is 0 Å². The van der Waals surface area contributed by atoms with E-state index in [-0.39, 0.29) is 23.1 Å². The zero-order valence-corrected chi connectivity index (χ0v) is 19.2. The lowest BCUT2D eigenvalue weighted by Crippen LogP contribution is -2.28. The molecule has 0 spiro atoms. The minimum Gasteiger partial charge on any atom is -0.475 e. The first kappa shape index (κ1) is 29.2. The number of aliphatic carboxylic acids is 1. The van der Waals surface area contributed by atoms with Crippen LogP contribution in [-0.4, -0.2) is 47.4 Å². The summed E-state index contributed by atoms with van der Waals surface area (Å²) in [6.45, 7) is 1.63. The highest BCUT2D eigenvalue weighted by molar-refractivity contribution is 7.92. The predicted molar refractivity (Wildman–Crippen MR) is 110 cm³/mol. The number of nitrogens with zero attached hydrogens (tertiary/aromatic N) is 2. The van der Waals surface area contributed by atoms with Gasteiger partial charge in [0.1, 0.15) is 5.83 Å². The monoisotopic (exact) mass is 547 g/mol. The maximum Gasteiger partial charge on any atom is 0.501 e. The molecular weight excluding hydrogens is 527 g/mol. The second kappa shape index (κ2) is 10.9. The molecule has 0 bridgehead atoms. The van der Waals surface area contributed by atoms with E-state index >= 15 is 0 Å². The highest BCUT2D eigenvalue weighted by atomic mass is 32.2. The molecule has 200 valence electrons. The van der Waals surface area contributed by atoms with Crippen molar-refractivity contribution in [1.82, 2.24) is 10.1 Å². The Morgan fingerprint density at radius 3 is 2.03 bits per heavy atom. The number of hydrogen-bond donors (Lipinski definition) is 2. The van der Waals surface area contributed by atoms with E-state index in [2.05, 4.69) is 10.1 Å². The molecule has 1 saturated carbocycles. The topological polar surface area (TPSA) is 136 Å². The maximum atomic E-state index is 14.5. The van der Waals surface area contributed by atoms with Crippen LogP contribution in [0.1, 0.15) is 44.4 Å². The molecule has 1 aromatic carbocycles. The molecule has 0 amide bonds. The van der Waals surface area contributed by atoms with Crippen molar-refractivity contribution < 1.29 is 53.6 Å². The van der Waals surface area contributed by atoms with Crippen LogP contribution in [0.15, 0.2) is 45.1 Å². The fraction of sp³-hybridized carbons (Fsp3) is 0.450. The van der Waals surface area contributed by atoms with Crippen LogP contribution < -0.4 is 5.73 Å². The molecule has 1 aliphatic rings. The van der Waals surface area contributed by atoms with E-state index in [1.54, 1.807) is 6.92 Å². The number of carboxylic acid groups (broad SMARTS) is 1. The number of carboxylic acids is 1. The van der Waals surface area contributed by atoms with Gasteiger partial charge in [0, 0.05) is 5.56 Å². The summed E-state index contributed by atoms with van der Waals surface area (Å²) in [5.74, 6) is -3.64. The summed E-state index contributed by atoms with van der Waals surface area (Å²) in [6.07, 6.45) is -1.88. The Morgan fingerprint density at radius 1 is 1.08 bits per heavy atom. The molecule has 2 atom stereocenters. The van der Waals surface area contributed by atoms with Crippen molar-refractivity contribution in [2.75, 3.05) is 0 Å². The minimum atomic E-state index is -5.44. The van der Waals surface area contributed by atoms with Crippen LogP contribution in [0.4, 0.5) is 30.7 Å². The van der Waals surface area contributed by atoms with E-state index in [1.807, 2.05) is 0 Å². The van der Waals surface area contributed by atoms with Crippen LogP contribution in [0.25, 0.3) is 11.4 Å². The van der Waals surface area contributed by atoms with Crippen molar-refractivity contribution in [3.05, 3.63) is 41.6 Å². The van der Waals surface area contributed by atoms with E-state index in [1.165, 1.54) is 0 Å². The quantitative estimate of drug-likeness (QED) is 0.505. The summed E-state index contributed by atoms with van der Waals surface area (Å²) in [5, 5.41) is 10.9. The Balaban J connectivity index is 0.000000572. The fourth-order valence-corrected chi connectivity index (χ4v) is 3.87. The van der Waals surface area contributed by atoms with Crippen LogP contribution in [0, 0.1) is 0 Å².